The van der Waals surface area contributed by atoms with Crippen LogP contribution in [0.4, 0.5) is 0 Å². The monoisotopic (exact) mass is 311 g/mol. The molecule has 1 aliphatic rings. The van der Waals surface area contributed by atoms with E-state index >= 15 is 0 Å². The summed E-state index contributed by atoms with van der Waals surface area (Å²) < 4.78 is 22.7. The summed E-state index contributed by atoms with van der Waals surface area (Å²) in [5.41, 5.74) is -0.0572. The van der Waals surface area contributed by atoms with Gasteiger partial charge in [-0.3, -0.25) is 4.79 Å². The number of amides is 1. The molecule has 0 aliphatic heterocycles. The molecule has 0 heterocycles. The molecule has 1 saturated carbocycles. The van der Waals surface area contributed by atoms with E-state index in [1.807, 2.05) is 0 Å². The highest BCUT2D eigenvalue weighted by atomic mass is 32.2. The average Bonchev–Trinajstić information content (AvgIpc) is 3.14. The zero-order chi connectivity index (χ0) is 15.7. The molecule has 1 aromatic rings. The van der Waals surface area contributed by atoms with E-state index in [-0.39, 0.29) is 28.8 Å². The third-order valence-corrected chi connectivity index (χ3v) is 4.66. The van der Waals surface area contributed by atoms with Gasteiger partial charge in [0, 0.05) is 23.8 Å². The molecule has 1 aliphatic carbocycles. The minimum absolute atomic E-state index is 0.0416. The van der Waals surface area contributed by atoms with Crippen LogP contribution in [0, 0.1) is 5.41 Å². The molecule has 1 aromatic carbocycles. The lowest BCUT2D eigenvalue weighted by molar-refractivity contribution is 0.0697. The Kier molecular flexibility index (Phi) is 4.04. The fourth-order valence-corrected chi connectivity index (χ4v) is 3.77. The van der Waals surface area contributed by atoms with Crippen LogP contribution in [0.5, 0.6) is 0 Å². The molecule has 0 spiro atoms. The fourth-order valence-electron chi connectivity index (χ4n) is 2.27. The molecule has 6 nitrogen and oxygen atoms in total. The van der Waals surface area contributed by atoms with Gasteiger partial charge in [-0.25, -0.2) is 13.2 Å². The number of carbonyl (C=O) groups excluding carboxylic acids is 1. The second-order valence-corrected chi connectivity index (χ2v) is 7.78. The largest absolute Gasteiger partial charge is 0.478 e. The predicted octanol–water partition coefficient (Wildman–Crippen LogP) is 0.939. The number of sulfone groups is 1. The minimum Gasteiger partial charge on any atom is -0.478 e. The number of rotatable bonds is 6. The first-order valence-corrected chi connectivity index (χ1v) is 8.56. The van der Waals surface area contributed by atoms with Gasteiger partial charge in [-0.1, -0.05) is 6.07 Å². The molecular weight excluding hydrogens is 294 g/mol. The summed E-state index contributed by atoms with van der Waals surface area (Å²) in [7, 11) is -3.08. The van der Waals surface area contributed by atoms with Gasteiger partial charge in [0.2, 0.25) is 0 Å². The molecular formula is C14H17NO5S. The SMILES string of the molecule is CS(=O)(=O)CC1(CNC(=O)c2cccc(C(=O)O)c2)CC1. The van der Waals surface area contributed by atoms with E-state index in [1.54, 1.807) is 0 Å². The van der Waals surface area contributed by atoms with Crippen LogP contribution in [-0.2, 0) is 9.84 Å². The van der Waals surface area contributed by atoms with Crippen molar-refractivity contribution in [2.75, 3.05) is 18.6 Å². The van der Waals surface area contributed by atoms with Crippen molar-refractivity contribution in [2.45, 2.75) is 12.8 Å². The maximum absolute atomic E-state index is 12.0. The first-order chi connectivity index (χ1) is 9.71. The lowest BCUT2D eigenvalue weighted by Gasteiger charge is -2.15. The van der Waals surface area contributed by atoms with E-state index in [2.05, 4.69) is 5.32 Å². The van der Waals surface area contributed by atoms with Crippen molar-refractivity contribution in [3.05, 3.63) is 35.4 Å². The molecule has 0 atom stereocenters. The maximum Gasteiger partial charge on any atom is 0.335 e. The van der Waals surface area contributed by atoms with Gasteiger partial charge in [0.05, 0.1) is 11.3 Å². The van der Waals surface area contributed by atoms with Gasteiger partial charge in [-0.15, -0.1) is 0 Å². The van der Waals surface area contributed by atoms with Crippen molar-refractivity contribution in [1.29, 1.82) is 0 Å². The van der Waals surface area contributed by atoms with Gasteiger partial charge in [-0.2, -0.15) is 0 Å². The van der Waals surface area contributed by atoms with Gasteiger partial charge < -0.3 is 10.4 Å². The lowest BCUT2D eigenvalue weighted by atomic mass is 10.1. The second kappa shape index (κ2) is 5.48. The van der Waals surface area contributed by atoms with Crippen LogP contribution in [0.3, 0.4) is 0 Å². The Morgan fingerprint density at radius 2 is 1.90 bits per heavy atom. The summed E-state index contributed by atoms with van der Waals surface area (Å²) in [6.07, 6.45) is 2.73. The van der Waals surface area contributed by atoms with Crippen molar-refractivity contribution in [2.24, 2.45) is 5.41 Å². The first kappa shape index (κ1) is 15.5. The number of carboxylic acids is 1. The summed E-state index contributed by atoms with van der Waals surface area (Å²) in [6.45, 7) is 0.288. The molecule has 0 bridgehead atoms. The van der Waals surface area contributed by atoms with Crippen molar-refractivity contribution in [3.8, 4) is 0 Å². The summed E-state index contributed by atoms with van der Waals surface area (Å²) in [4.78, 5) is 22.9. The summed E-state index contributed by atoms with van der Waals surface area (Å²) in [6, 6.07) is 5.73. The van der Waals surface area contributed by atoms with Crippen LogP contribution in [-0.4, -0.2) is 44.0 Å². The van der Waals surface area contributed by atoms with Gasteiger partial charge in [0.25, 0.3) is 5.91 Å². The molecule has 114 valence electrons. The van der Waals surface area contributed by atoms with E-state index in [0.717, 1.165) is 12.8 Å². The Bertz CT molecular complexity index is 676. The van der Waals surface area contributed by atoms with E-state index < -0.39 is 21.7 Å². The fraction of sp³-hybridized carbons (Fsp3) is 0.429. The molecule has 0 saturated heterocycles. The molecule has 1 fully saturated rings. The van der Waals surface area contributed by atoms with Crippen LogP contribution in [0.2, 0.25) is 0 Å². The smallest absolute Gasteiger partial charge is 0.335 e. The zero-order valence-electron chi connectivity index (χ0n) is 11.6. The minimum atomic E-state index is -3.08. The van der Waals surface area contributed by atoms with Gasteiger partial charge in [0.1, 0.15) is 9.84 Å². The molecule has 7 heteroatoms. The molecule has 21 heavy (non-hydrogen) atoms. The summed E-state index contributed by atoms with van der Waals surface area (Å²) in [5, 5.41) is 11.6. The molecule has 0 radical (unpaired) electrons. The Balaban J connectivity index is 1.99. The van der Waals surface area contributed by atoms with Crippen LogP contribution in [0.15, 0.2) is 24.3 Å². The number of aromatic carboxylic acids is 1. The topological polar surface area (TPSA) is 101 Å². The van der Waals surface area contributed by atoms with Gasteiger partial charge in [-0.05, 0) is 31.0 Å². The number of carbonyl (C=O) groups is 2. The van der Waals surface area contributed by atoms with Crippen molar-refractivity contribution >= 4 is 21.7 Å². The standard InChI is InChI=1S/C14H17NO5S/c1-21(19,20)9-14(5-6-14)8-15-12(16)10-3-2-4-11(7-10)13(17)18/h2-4,7H,5-6,8-9H2,1H3,(H,15,16)(H,17,18). The number of benzene rings is 1. The van der Waals surface area contributed by atoms with E-state index in [9.17, 15) is 18.0 Å². The van der Waals surface area contributed by atoms with E-state index in [1.165, 1.54) is 30.5 Å². The molecule has 0 aromatic heterocycles. The van der Waals surface area contributed by atoms with Crippen LogP contribution in [0.1, 0.15) is 33.6 Å². The Hall–Kier alpha value is -1.89. The number of nitrogens with one attached hydrogen (secondary N) is 1. The summed E-state index contributed by atoms with van der Waals surface area (Å²) >= 11 is 0. The third kappa shape index (κ3) is 4.29. The quantitative estimate of drug-likeness (QED) is 0.814. The molecule has 2 N–H and O–H groups in total. The highest BCUT2D eigenvalue weighted by molar-refractivity contribution is 7.90. The van der Waals surface area contributed by atoms with Crippen LogP contribution < -0.4 is 5.32 Å². The third-order valence-electron chi connectivity index (χ3n) is 3.52. The molecule has 2 rings (SSSR count). The van der Waals surface area contributed by atoms with Crippen LogP contribution in [0.25, 0.3) is 0 Å². The molecule has 1 amide bonds. The van der Waals surface area contributed by atoms with Gasteiger partial charge in [0.15, 0.2) is 0 Å². The van der Waals surface area contributed by atoms with Crippen molar-refractivity contribution in [3.63, 3.8) is 0 Å². The predicted molar refractivity (Wildman–Crippen MR) is 77.1 cm³/mol. The lowest BCUT2D eigenvalue weighted by Crippen LogP contribution is -2.33. The number of hydrogen-bond acceptors (Lipinski definition) is 4. The average molecular weight is 311 g/mol. The highest BCUT2D eigenvalue weighted by Crippen LogP contribution is 2.46. The van der Waals surface area contributed by atoms with Gasteiger partial charge >= 0.3 is 5.97 Å². The molecule has 0 unspecified atom stereocenters. The Labute approximate surface area is 123 Å². The number of carboxylic acid groups (broad SMARTS) is 1. The Morgan fingerprint density at radius 1 is 1.29 bits per heavy atom. The van der Waals surface area contributed by atoms with Crippen molar-refractivity contribution in [1.82, 2.24) is 5.32 Å². The Morgan fingerprint density at radius 3 is 2.43 bits per heavy atom. The maximum atomic E-state index is 12.0. The second-order valence-electron chi connectivity index (χ2n) is 5.64. The van der Waals surface area contributed by atoms with Crippen molar-refractivity contribution < 1.29 is 23.1 Å². The zero-order valence-corrected chi connectivity index (χ0v) is 12.4. The van der Waals surface area contributed by atoms with E-state index in [0.29, 0.717) is 0 Å². The highest BCUT2D eigenvalue weighted by Gasteiger charge is 2.45. The normalized spacial score (nSPS) is 16.2. The van der Waals surface area contributed by atoms with E-state index in [4.69, 9.17) is 5.11 Å². The summed E-state index contributed by atoms with van der Waals surface area (Å²) in [5.74, 6) is -1.42. The first-order valence-electron chi connectivity index (χ1n) is 6.50. The van der Waals surface area contributed by atoms with Crippen LogP contribution >= 0.6 is 0 Å². The number of hydrogen-bond donors (Lipinski definition) is 2.